The van der Waals surface area contributed by atoms with Crippen molar-refractivity contribution >= 4 is 24.7 Å². The Morgan fingerprint density at radius 3 is 1.73 bits per heavy atom. The summed E-state index contributed by atoms with van der Waals surface area (Å²) in [6.07, 6.45) is -0.748. The zero-order valence-corrected chi connectivity index (χ0v) is 17.2. The first kappa shape index (κ1) is 20.4. The van der Waals surface area contributed by atoms with Gasteiger partial charge in [-0.3, -0.25) is 0 Å². The van der Waals surface area contributed by atoms with Crippen LogP contribution in [0.5, 0.6) is 0 Å². The fraction of sp³-hybridized carbons (Fsp3) is 0.381. The van der Waals surface area contributed by atoms with Crippen LogP contribution in [0.25, 0.3) is 0 Å². The van der Waals surface area contributed by atoms with Crippen LogP contribution in [-0.2, 0) is 18.7 Å². The molecule has 4 nitrogen and oxygen atoms in total. The van der Waals surface area contributed by atoms with Crippen LogP contribution >= 0.6 is 0 Å². The van der Waals surface area contributed by atoms with Crippen molar-refractivity contribution in [2.45, 2.75) is 31.9 Å². The van der Waals surface area contributed by atoms with Crippen LogP contribution in [0.4, 0.5) is 0 Å². The number of hydrogen-bond donors (Lipinski definition) is 0. The Kier molecular flexibility index (Phi) is 6.75. The van der Waals surface area contributed by atoms with Crippen LogP contribution in [0, 0.1) is 0 Å². The molecule has 0 saturated heterocycles. The minimum Gasteiger partial charge on any atom is -0.467 e. The maximum absolute atomic E-state index is 12.0. The molecule has 0 heterocycles. The molecule has 26 heavy (non-hydrogen) atoms. The van der Waals surface area contributed by atoms with Crippen molar-refractivity contribution < 1.29 is 18.7 Å². The number of carbonyl (C=O) groups is 1. The van der Waals surface area contributed by atoms with Crippen LogP contribution < -0.4 is 10.4 Å². The van der Waals surface area contributed by atoms with Crippen molar-refractivity contribution in [3.8, 4) is 0 Å². The van der Waals surface area contributed by atoms with E-state index >= 15 is 0 Å². The highest BCUT2D eigenvalue weighted by Gasteiger charge is 2.50. The molecule has 0 fully saturated rings. The van der Waals surface area contributed by atoms with Crippen molar-refractivity contribution in [3.63, 3.8) is 0 Å². The molecular formula is C21H28O4Si. The van der Waals surface area contributed by atoms with Crippen LogP contribution in [0.3, 0.4) is 0 Å². The maximum atomic E-state index is 12.0. The zero-order chi connectivity index (χ0) is 19.2. The first-order valence-corrected chi connectivity index (χ1v) is 10.6. The third-order valence-corrected chi connectivity index (χ3v) is 9.62. The summed E-state index contributed by atoms with van der Waals surface area (Å²) in [6.45, 7) is 6.73. The Labute approximate surface area is 157 Å². The molecule has 0 spiro atoms. The van der Waals surface area contributed by atoms with Gasteiger partial charge in [-0.05, 0) is 15.4 Å². The highest BCUT2D eigenvalue weighted by Crippen LogP contribution is 2.36. The summed E-state index contributed by atoms with van der Waals surface area (Å²) < 4.78 is 16.8. The molecule has 0 saturated carbocycles. The normalized spacial score (nSPS) is 13.3. The Balaban J connectivity index is 2.55. The van der Waals surface area contributed by atoms with E-state index in [1.54, 1.807) is 0 Å². The highest BCUT2D eigenvalue weighted by molar-refractivity contribution is 6.99. The molecule has 0 aliphatic heterocycles. The molecular weight excluding hydrogens is 344 g/mol. The number of rotatable bonds is 7. The number of hydrogen-bond acceptors (Lipinski definition) is 4. The van der Waals surface area contributed by atoms with Gasteiger partial charge in [0.2, 0.25) is 0 Å². The molecule has 0 amide bonds. The van der Waals surface area contributed by atoms with E-state index in [1.807, 2.05) is 36.4 Å². The van der Waals surface area contributed by atoms with Crippen molar-refractivity contribution in [2.75, 3.05) is 20.8 Å². The summed E-state index contributed by atoms with van der Waals surface area (Å²) in [5, 5.41) is 2.18. The average Bonchev–Trinajstić information content (AvgIpc) is 2.65. The molecule has 0 aromatic heterocycles. The Hall–Kier alpha value is -1.95. The van der Waals surface area contributed by atoms with Gasteiger partial charge in [0.15, 0.2) is 6.10 Å². The minimum absolute atomic E-state index is 0.149. The van der Waals surface area contributed by atoms with Gasteiger partial charge in [-0.1, -0.05) is 81.4 Å². The third kappa shape index (κ3) is 4.06. The lowest BCUT2D eigenvalue weighted by Gasteiger charge is -2.43. The van der Waals surface area contributed by atoms with E-state index in [-0.39, 0.29) is 11.6 Å². The molecule has 2 aromatic carbocycles. The number of benzene rings is 2. The van der Waals surface area contributed by atoms with Gasteiger partial charge in [0.05, 0.1) is 13.7 Å². The zero-order valence-electron chi connectivity index (χ0n) is 16.2. The van der Waals surface area contributed by atoms with E-state index in [1.165, 1.54) is 24.6 Å². The fourth-order valence-electron chi connectivity index (χ4n) is 3.33. The van der Waals surface area contributed by atoms with Crippen molar-refractivity contribution in [1.82, 2.24) is 0 Å². The van der Waals surface area contributed by atoms with Gasteiger partial charge in [-0.25, -0.2) is 4.79 Å². The molecule has 0 aliphatic rings. The summed E-state index contributed by atoms with van der Waals surface area (Å²) in [5.74, 6) is -0.426. The van der Waals surface area contributed by atoms with E-state index in [0.717, 1.165) is 0 Å². The molecule has 2 aromatic rings. The molecule has 0 N–H and O–H groups in total. The Morgan fingerprint density at radius 2 is 1.38 bits per heavy atom. The molecule has 5 heteroatoms. The van der Waals surface area contributed by atoms with Gasteiger partial charge in [0, 0.05) is 7.11 Å². The van der Waals surface area contributed by atoms with E-state index in [0.29, 0.717) is 0 Å². The van der Waals surface area contributed by atoms with Gasteiger partial charge >= 0.3 is 5.97 Å². The topological polar surface area (TPSA) is 44.8 Å². The third-order valence-electron chi connectivity index (χ3n) is 4.62. The Bertz CT molecular complexity index is 655. The van der Waals surface area contributed by atoms with Crippen LogP contribution in [0.1, 0.15) is 20.8 Å². The second kappa shape index (κ2) is 8.62. The lowest BCUT2D eigenvalue weighted by atomic mass is 10.2. The molecule has 0 unspecified atom stereocenters. The monoisotopic (exact) mass is 372 g/mol. The van der Waals surface area contributed by atoms with E-state index in [2.05, 4.69) is 45.0 Å². The number of methoxy groups -OCH3 is 2. The molecule has 140 valence electrons. The van der Waals surface area contributed by atoms with Crippen molar-refractivity contribution in [3.05, 3.63) is 60.7 Å². The second-order valence-corrected chi connectivity index (χ2v) is 11.5. The SMILES string of the molecule is COC(=O)[C@H](CO[Si](c1ccccc1)(c1ccccc1)C(C)(C)C)OC. The van der Waals surface area contributed by atoms with Crippen LogP contribution in [0.2, 0.25) is 5.04 Å². The van der Waals surface area contributed by atoms with Gasteiger partial charge in [0.25, 0.3) is 8.32 Å². The number of carbonyl (C=O) groups excluding carboxylic acids is 1. The second-order valence-electron chi connectivity index (χ2n) is 7.22. The average molecular weight is 373 g/mol. The van der Waals surface area contributed by atoms with Crippen LogP contribution in [0.15, 0.2) is 60.7 Å². The minimum atomic E-state index is -2.67. The summed E-state index contributed by atoms with van der Waals surface area (Å²) in [5.41, 5.74) is 0. The van der Waals surface area contributed by atoms with E-state index in [9.17, 15) is 4.79 Å². The maximum Gasteiger partial charge on any atom is 0.337 e. The molecule has 1 atom stereocenters. The molecule has 0 aliphatic carbocycles. The largest absolute Gasteiger partial charge is 0.467 e. The molecule has 0 bridgehead atoms. The van der Waals surface area contributed by atoms with E-state index in [4.69, 9.17) is 13.9 Å². The predicted octanol–water partition coefficient (Wildman–Crippen LogP) is 2.75. The first-order chi connectivity index (χ1) is 12.4. The van der Waals surface area contributed by atoms with E-state index < -0.39 is 20.4 Å². The van der Waals surface area contributed by atoms with Crippen molar-refractivity contribution in [2.24, 2.45) is 0 Å². The summed E-state index contributed by atoms with van der Waals surface area (Å²) >= 11 is 0. The summed E-state index contributed by atoms with van der Waals surface area (Å²) in [7, 11) is 0.180. The smallest absolute Gasteiger partial charge is 0.337 e. The van der Waals surface area contributed by atoms with Gasteiger partial charge in [-0.15, -0.1) is 0 Å². The quantitative estimate of drug-likeness (QED) is 0.554. The molecule has 0 radical (unpaired) electrons. The number of ether oxygens (including phenoxy) is 2. The van der Waals surface area contributed by atoms with Gasteiger partial charge in [0.1, 0.15) is 0 Å². The van der Waals surface area contributed by atoms with Crippen molar-refractivity contribution in [1.29, 1.82) is 0 Å². The van der Waals surface area contributed by atoms with Gasteiger partial charge in [-0.2, -0.15) is 0 Å². The number of esters is 1. The van der Waals surface area contributed by atoms with Gasteiger partial charge < -0.3 is 13.9 Å². The standard InChI is InChI=1S/C21H28O4Si/c1-21(2,3)26(17-12-8-6-9-13-17,18-14-10-7-11-15-18)25-16-19(23-4)20(22)24-5/h6-15,19H,16H2,1-5H3/t19-/m0/s1. The highest BCUT2D eigenvalue weighted by atomic mass is 28.4. The first-order valence-electron chi connectivity index (χ1n) is 8.72. The molecule has 2 rings (SSSR count). The summed E-state index contributed by atoms with van der Waals surface area (Å²) in [6, 6.07) is 20.6. The van der Waals surface area contributed by atoms with Crippen LogP contribution in [-0.4, -0.2) is 41.2 Å². The predicted molar refractivity (Wildman–Crippen MR) is 106 cm³/mol. The Morgan fingerprint density at radius 1 is 0.923 bits per heavy atom. The summed E-state index contributed by atoms with van der Waals surface area (Å²) in [4.78, 5) is 12.0. The lowest BCUT2D eigenvalue weighted by Crippen LogP contribution is -2.67. The fourth-order valence-corrected chi connectivity index (χ4v) is 7.88. The lowest BCUT2D eigenvalue weighted by molar-refractivity contribution is -0.154.